The smallest absolute Gasteiger partial charge is 0.162 e. The molecule has 0 amide bonds. The molecule has 152 valence electrons. The first-order valence-electron chi connectivity index (χ1n) is 10.2. The van der Waals surface area contributed by atoms with Gasteiger partial charge in [-0.15, -0.1) is 0 Å². The fourth-order valence-corrected chi connectivity index (χ4v) is 3.38. The highest BCUT2D eigenvalue weighted by Crippen LogP contribution is 2.34. The molecule has 1 aliphatic rings. The lowest BCUT2D eigenvalue weighted by Gasteiger charge is -2.09. The largest absolute Gasteiger partial charge is 0.368 e. The van der Waals surface area contributed by atoms with E-state index in [-0.39, 0.29) is 5.78 Å². The van der Waals surface area contributed by atoms with Crippen molar-refractivity contribution in [3.05, 3.63) is 59.7 Å². The van der Waals surface area contributed by atoms with E-state index in [0.717, 1.165) is 47.6 Å². The van der Waals surface area contributed by atoms with E-state index in [4.69, 9.17) is 14.7 Å². The van der Waals surface area contributed by atoms with Crippen LogP contribution >= 0.6 is 0 Å². The van der Waals surface area contributed by atoms with Gasteiger partial charge in [-0.25, -0.2) is 0 Å². The maximum atomic E-state index is 12.1. The molecule has 1 unspecified atom stereocenters. The van der Waals surface area contributed by atoms with E-state index in [0.29, 0.717) is 24.8 Å². The molecule has 2 aromatic carbocycles. The van der Waals surface area contributed by atoms with Crippen LogP contribution in [0.1, 0.15) is 61.4 Å². The van der Waals surface area contributed by atoms with Crippen molar-refractivity contribution in [3.63, 3.8) is 0 Å². The molecule has 1 aliphatic heterocycles. The summed E-state index contributed by atoms with van der Waals surface area (Å²) in [7, 11) is 1.51. The number of carbonyl (C=O) groups excluding carboxylic acids is 1. The minimum Gasteiger partial charge on any atom is -0.368 e. The predicted octanol–water partition coefficient (Wildman–Crippen LogP) is 5.40. The van der Waals surface area contributed by atoms with Crippen LogP contribution in [0.3, 0.4) is 0 Å². The molecule has 0 saturated heterocycles. The third-order valence-corrected chi connectivity index (χ3v) is 5.07. The summed E-state index contributed by atoms with van der Waals surface area (Å²) in [4.78, 5) is 21.9. The summed E-state index contributed by atoms with van der Waals surface area (Å²) >= 11 is 0. The summed E-state index contributed by atoms with van der Waals surface area (Å²) in [5, 5.41) is 9.56. The lowest BCUT2D eigenvalue weighted by Crippen LogP contribution is -2.10. The van der Waals surface area contributed by atoms with Gasteiger partial charge < -0.3 is 9.84 Å². The number of fused-ring (bicyclic) bond motifs is 1. The Kier molecular flexibility index (Phi) is 7.44. The number of Topliss-reactive ketones (excluding diaryl/α,β-unsaturated/α-hetero) is 1. The zero-order valence-corrected chi connectivity index (χ0v) is 17.1. The van der Waals surface area contributed by atoms with E-state index in [9.17, 15) is 9.90 Å². The summed E-state index contributed by atoms with van der Waals surface area (Å²) in [5.41, 5.74) is 5.32. The average Bonchev–Trinajstić information content (AvgIpc) is 2.95. The number of ether oxygens (including phenoxy) is 1. The van der Waals surface area contributed by atoms with Gasteiger partial charge in [0.2, 0.25) is 0 Å². The molecule has 0 spiro atoms. The van der Waals surface area contributed by atoms with E-state index in [1.165, 1.54) is 7.11 Å². The second-order valence-electron chi connectivity index (χ2n) is 7.20. The molecular formula is C24H28N2O3. The Morgan fingerprint density at radius 1 is 1.10 bits per heavy atom. The molecule has 2 aromatic rings. The highest BCUT2D eigenvalue weighted by atomic mass is 16.6. The van der Waals surface area contributed by atoms with Crippen molar-refractivity contribution < 1.29 is 14.6 Å². The first kappa shape index (κ1) is 21.1. The van der Waals surface area contributed by atoms with E-state index in [1.807, 2.05) is 43.3 Å². The van der Waals surface area contributed by atoms with Gasteiger partial charge in [-0.05, 0) is 49.4 Å². The molecular weight excluding hydrogens is 364 g/mol. The number of carbonyl (C=O) groups is 1. The van der Waals surface area contributed by atoms with Crippen molar-refractivity contribution in [2.24, 2.45) is 9.98 Å². The SMILES string of the molecule is CCC(=O)c1ccc2c(c1)N=C(CCCCC(O)OC)CC(c1ccccc1)=N2. The van der Waals surface area contributed by atoms with E-state index in [2.05, 4.69) is 12.1 Å². The number of methoxy groups -OCH3 is 1. The average molecular weight is 392 g/mol. The molecule has 0 bridgehead atoms. The number of benzene rings is 2. The van der Waals surface area contributed by atoms with Crippen LogP contribution in [0.4, 0.5) is 11.4 Å². The number of nitrogens with zero attached hydrogens (tertiary/aromatic N) is 2. The minimum absolute atomic E-state index is 0.106. The van der Waals surface area contributed by atoms with Crippen LogP contribution in [0.25, 0.3) is 0 Å². The van der Waals surface area contributed by atoms with Gasteiger partial charge in [0.15, 0.2) is 12.1 Å². The number of aliphatic hydroxyl groups excluding tert-OH is 1. The molecule has 5 heteroatoms. The Balaban J connectivity index is 1.88. The highest BCUT2D eigenvalue weighted by molar-refractivity contribution is 6.15. The molecule has 5 nitrogen and oxygen atoms in total. The van der Waals surface area contributed by atoms with Crippen molar-refractivity contribution >= 4 is 28.6 Å². The normalized spacial score (nSPS) is 14.4. The van der Waals surface area contributed by atoms with Crippen LogP contribution in [-0.4, -0.2) is 35.7 Å². The molecule has 1 atom stereocenters. The lowest BCUT2D eigenvalue weighted by atomic mass is 10.0. The number of rotatable bonds is 9. The van der Waals surface area contributed by atoms with E-state index < -0.39 is 6.29 Å². The predicted molar refractivity (Wildman–Crippen MR) is 117 cm³/mol. The zero-order valence-electron chi connectivity index (χ0n) is 17.1. The fourth-order valence-electron chi connectivity index (χ4n) is 3.38. The number of ketones is 1. The Morgan fingerprint density at radius 3 is 2.62 bits per heavy atom. The first-order valence-corrected chi connectivity index (χ1v) is 10.2. The van der Waals surface area contributed by atoms with E-state index >= 15 is 0 Å². The van der Waals surface area contributed by atoms with Gasteiger partial charge in [0.1, 0.15) is 0 Å². The highest BCUT2D eigenvalue weighted by Gasteiger charge is 2.16. The Morgan fingerprint density at radius 2 is 1.90 bits per heavy atom. The molecule has 0 aliphatic carbocycles. The second kappa shape index (κ2) is 10.2. The van der Waals surface area contributed by atoms with Gasteiger partial charge in [0.25, 0.3) is 0 Å². The van der Waals surface area contributed by atoms with Crippen LogP contribution in [-0.2, 0) is 4.74 Å². The number of aliphatic hydroxyl groups is 1. The molecule has 1 heterocycles. The standard InChI is InChI=1S/C24H28N2O3/c1-3-23(27)18-13-14-20-22(15-18)25-19(11-7-8-12-24(28)29-2)16-21(26-20)17-9-5-4-6-10-17/h4-6,9-10,13-15,24,28H,3,7-8,11-12,16H2,1-2H3. The Labute approximate surface area is 172 Å². The molecule has 0 radical (unpaired) electrons. The fraction of sp³-hybridized carbons (Fsp3) is 0.375. The number of unbranched alkanes of at least 4 members (excludes halogenated alkanes) is 1. The van der Waals surface area contributed by atoms with Gasteiger partial charge in [-0.2, -0.15) is 0 Å². The maximum absolute atomic E-state index is 12.1. The maximum Gasteiger partial charge on any atom is 0.162 e. The van der Waals surface area contributed by atoms with Crippen molar-refractivity contribution in [1.82, 2.24) is 0 Å². The van der Waals surface area contributed by atoms with Gasteiger partial charge in [-0.3, -0.25) is 14.8 Å². The van der Waals surface area contributed by atoms with E-state index in [1.54, 1.807) is 0 Å². The van der Waals surface area contributed by atoms with Crippen molar-refractivity contribution in [1.29, 1.82) is 0 Å². The van der Waals surface area contributed by atoms with Crippen LogP contribution in [0, 0.1) is 0 Å². The summed E-state index contributed by atoms with van der Waals surface area (Å²) < 4.78 is 4.90. The van der Waals surface area contributed by atoms with Crippen molar-refractivity contribution in [3.8, 4) is 0 Å². The number of hydrogen-bond acceptors (Lipinski definition) is 5. The van der Waals surface area contributed by atoms with Crippen LogP contribution in [0.5, 0.6) is 0 Å². The van der Waals surface area contributed by atoms with Gasteiger partial charge in [-0.1, -0.05) is 37.3 Å². The number of hydrogen-bond donors (Lipinski definition) is 1. The van der Waals surface area contributed by atoms with Crippen LogP contribution < -0.4 is 0 Å². The molecule has 3 rings (SSSR count). The molecule has 0 aromatic heterocycles. The Bertz CT molecular complexity index is 904. The molecule has 29 heavy (non-hydrogen) atoms. The van der Waals surface area contributed by atoms with Gasteiger partial charge >= 0.3 is 0 Å². The Hall–Kier alpha value is -2.63. The van der Waals surface area contributed by atoms with Gasteiger partial charge in [0.05, 0.1) is 17.1 Å². The molecule has 0 saturated carbocycles. The lowest BCUT2D eigenvalue weighted by molar-refractivity contribution is -0.0791. The summed E-state index contributed by atoms with van der Waals surface area (Å²) in [6.07, 6.45) is 3.61. The third-order valence-electron chi connectivity index (χ3n) is 5.07. The van der Waals surface area contributed by atoms with Crippen molar-refractivity contribution in [2.45, 2.75) is 51.7 Å². The summed E-state index contributed by atoms with van der Waals surface area (Å²) in [5.74, 6) is 0.106. The van der Waals surface area contributed by atoms with Crippen LogP contribution in [0.2, 0.25) is 0 Å². The first-order chi connectivity index (χ1) is 14.1. The van der Waals surface area contributed by atoms with Crippen LogP contribution in [0.15, 0.2) is 58.5 Å². The van der Waals surface area contributed by atoms with Crippen molar-refractivity contribution in [2.75, 3.05) is 7.11 Å². The van der Waals surface area contributed by atoms with Gasteiger partial charge in [0, 0.05) is 31.2 Å². The quantitative estimate of drug-likeness (QED) is 0.353. The molecule has 1 N–H and O–H groups in total. The monoisotopic (exact) mass is 392 g/mol. The summed E-state index contributed by atoms with van der Waals surface area (Å²) in [6, 6.07) is 15.7. The topological polar surface area (TPSA) is 71.2 Å². The number of aliphatic imine (C=N–C) groups is 2. The molecule has 0 fully saturated rings. The minimum atomic E-state index is -0.712. The zero-order chi connectivity index (χ0) is 20.6. The summed E-state index contributed by atoms with van der Waals surface area (Å²) in [6.45, 7) is 1.86. The third kappa shape index (κ3) is 5.68. The second-order valence-corrected chi connectivity index (χ2v) is 7.20.